The van der Waals surface area contributed by atoms with Gasteiger partial charge in [-0.05, 0) is 38.7 Å². The van der Waals surface area contributed by atoms with Crippen LogP contribution in [0.15, 0.2) is 24.3 Å². The van der Waals surface area contributed by atoms with Crippen molar-refractivity contribution >= 4 is 5.97 Å². The smallest absolute Gasteiger partial charge is 0.328 e. The van der Waals surface area contributed by atoms with Crippen LogP contribution < -0.4 is 0 Å². The highest BCUT2D eigenvalue weighted by molar-refractivity contribution is 5.80. The van der Waals surface area contributed by atoms with Crippen LogP contribution in [-0.2, 0) is 10.3 Å². The van der Waals surface area contributed by atoms with Crippen molar-refractivity contribution in [3.05, 3.63) is 35.6 Å². The van der Waals surface area contributed by atoms with Gasteiger partial charge in [0.05, 0.1) is 0 Å². The first-order valence-electron chi connectivity index (χ1n) is 4.56. The molecule has 0 unspecified atom stereocenters. The van der Waals surface area contributed by atoms with Gasteiger partial charge >= 0.3 is 5.97 Å². The first-order chi connectivity index (χ1) is 6.89. The predicted molar refractivity (Wildman–Crippen MR) is 55.1 cm³/mol. The van der Waals surface area contributed by atoms with Crippen molar-refractivity contribution in [2.45, 2.75) is 12.5 Å². The normalized spacial score (nSPS) is 15.0. The predicted octanol–water partition coefficient (Wildman–Crippen LogP) is 1.69. The number of halogens is 1. The van der Waals surface area contributed by atoms with Gasteiger partial charge in [-0.2, -0.15) is 0 Å². The summed E-state index contributed by atoms with van der Waals surface area (Å²) in [6, 6.07) is 5.65. The zero-order chi connectivity index (χ0) is 11.6. The van der Waals surface area contributed by atoms with Crippen molar-refractivity contribution in [2.75, 3.05) is 14.1 Å². The SMILES string of the molecule is CN(C)[C@@](C)(C(=O)O)c1cccc(F)c1. The molecule has 0 saturated carbocycles. The Kier molecular flexibility index (Phi) is 3.09. The van der Waals surface area contributed by atoms with E-state index in [1.54, 1.807) is 32.0 Å². The van der Waals surface area contributed by atoms with E-state index in [0.717, 1.165) is 0 Å². The van der Waals surface area contributed by atoms with E-state index in [9.17, 15) is 14.3 Å². The first-order valence-corrected chi connectivity index (χ1v) is 4.56. The van der Waals surface area contributed by atoms with Gasteiger partial charge in [0.1, 0.15) is 11.4 Å². The van der Waals surface area contributed by atoms with Crippen LogP contribution in [-0.4, -0.2) is 30.1 Å². The van der Waals surface area contributed by atoms with E-state index in [4.69, 9.17) is 0 Å². The summed E-state index contributed by atoms with van der Waals surface area (Å²) in [5.41, 5.74) is -0.776. The van der Waals surface area contributed by atoms with E-state index < -0.39 is 17.3 Å². The maximum absolute atomic E-state index is 13.0. The molecule has 0 radical (unpaired) electrons. The average Bonchev–Trinajstić information content (AvgIpc) is 2.15. The lowest BCUT2D eigenvalue weighted by Gasteiger charge is -2.32. The molecule has 1 N–H and O–H groups in total. The van der Waals surface area contributed by atoms with Gasteiger partial charge in [0.2, 0.25) is 0 Å². The van der Waals surface area contributed by atoms with Gasteiger partial charge < -0.3 is 5.11 Å². The maximum atomic E-state index is 13.0. The number of aliphatic carboxylic acids is 1. The second kappa shape index (κ2) is 3.98. The average molecular weight is 211 g/mol. The van der Waals surface area contributed by atoms with Crippen LogP contribution in [0.5, 0.6) is 0 Å². The van der Waals surface area contributed by atoms with Crippen molar-refractivity contribution in [1.29, 1.82) is 0 Å². The topological polar surface area (TPSA) is 40.5 Å². The van der Waals surface area contributed by atoms with Gasteiger partial charge in [0, 0.05) is 0 Å². The number of carbonyl (C=O) groups is 1. The fraction of sp³-hybridized carbons (Fsp3) is 0.364. The van der Waals surface area contributed by atoms with Crippen LogP contribution in [0.4, 0.5) is 4.39 Å². The summed E-state index contributed by atoms with van der Waals surface area (Å²) in [4.78, 5) is 12.8. The lowest BCUT2D eigenvalue weighted by molar-refractivity contribution is -0.149. The number of likely N-dealkylation sites (N-methyl/N-ethyl adjacent to an activating group) is 1. The summed E-state index contributed by atoms with van der Waals surface area (Å²) in [5, 5.41) is 9.18. The van der Waals surface area contributed by atoms with Crippen LogP contribution >= 0.6 is 0 Å². The zero-order valence-electron chi connectivity index (χ0n) is 8.99. The molecule has 0 aromatic heterocycles. The zero-order valence-corrected chi connectivity index (χ0v) is 8.99. The molecule has 0 aliphatic rings. The Morgan fingerprint density at radius 3 is 2.47 bits per heavy atom. The molecule has 1 rings (SSSR count). The molecule has 4 heteroatoms. The Labute approximate surface area is 88.1 Å². The number of carboxylic acid groups (broad SMARTS) is 1. The first kappa shape index (κ1) is 11.7. The molecule has 1 atom stereocenters. The highest BCUT2D eigenvalue weighted by Gasteiger charge is 2.37. The quantitative estimate of drug-likeness (QED) is 0.827. The van der Waals surface area contributed by atoms with E-state index in [1.165, 1.54) is 18.2 Å². The van der Waals surface area contributed by atoms with Gasteiger partial charge in [-0.25, -0.2) is 9.18 Å². The fourth-order valence-corrected chi connectivity index (χ4v) is 1.36. The van der Waals surface area contributed by atoms with Crippen molar-refractivity contribution in [3.8, 4) is 0 Å². The molecule has 0 fully saturated rings. The lowest BCUT2D eigenvalue weighted by atomic mass is 9.91. The molecule has 0 aliphatic carbocycles. The fourth-order valence-electron chi connectivity index (χ4n) is 1.36. The Morgan fingerprint density at radius 2 is 2.07 bits per heavy atom. The largest absolute Gasteiger partial charge is 0.480 e. The summed E-state index contributed by atoms with van der Waals surface area (Å²) < 4.78 is 13.0. The molecule has 0 bridgehead atoms. The molecular weight excluding hydrogens is 197 g/mol. The van der Waals surface area contributed by atoms with Gasteiger partial charge in [-0.3, -0.25) is 4.90 Å². The van der Waals surface area contributed by atoms with E-state index in [2.05, 4.69) is 0 Å². The molecule has 0 aliphatic heterocycles. The second-order valence-electron chi connectivity index (χ2n) is 3.78. The Balaban J connectivity index is 3.28. The highest BCUT2D eigenvalue weighted by atomic mass is 19.1. The lowest BCUT2D eigenvalue weighted by Crippen LogP contribution is -2.45. The number of hydrogen-bond acceptors (Lipinski definition) is 2. The summed E-state index contributed by atoms with van der Waals surface area (Å²) in [6.45, 7) is 1.55. The van der Waals surface area contributed by atoms with Crippen molar-refractivity contribution in [3.63, 3.8) is 0 Å². The Morgan fingerprint density at radius 1 is 1.47 bits per heavy atom. The van der Waals surface area contributed by atoms with Crippen molar-refractivity contribution in [2.24, 2.45) is 0 Å². The van der Waals surface area contributed by atoms with Crippen LogP contribution in [0.1, 0.15) is 12.5 Å². The third-order valence-electron chi connectivity index (χ3n) is 2.70. The summed E-state index contributed by atoms with van der Waals surface area (Å²) in [5.74, 6) is -1.43. The van der Waals surface area contributed by atoms with Crippen molar-refractivity contribution in [1.82, 2.24) is 4.90 Å². The van der Waals surface area contributed by atoms with Gasteiger partial charge in [-0.15, -0.1) is 0 Å². The summed E-state index contributed by atoms with van der Waals surface area (Å²) in [7, 11) is 3.30. The van der Waals surface area contributed by atoms with Gasteiger partial charge in [0.15, 0.2) is 0 Å². The minimum Gasteiger partial charge on any atom is -0.480 e. The number of carboxylic acids is 1. The van der Waals surface area contributed by atoms with Gasteiger partial charge in [0.25, 0.3) is 0 Å². The van der Waals surface area contributed by atoms with Crippen LogP contribution in [0.2, 0.25) is 0 Å². The minimum atomic E-state index is -1.21. The Hall–Kier alpha value is -1.42. The van der Waals surface area contributed by atoms with E-state index in [-0.39, 0.29) is 0 Å². The van der Waals surface area contributed by atoms with Crippen molar-refractivity contribution < 1.29 is 14.3 Å². The highest BCUT2D eigenvalue weighted by Crippen LogP contribution is 2.26. The van der Waals surface area contributed by atoms with Gasteiger partial charge in [-0.1, -0.05) is 12.1 Å². The van der Waals surface area contributed by atoms with E-state index in [0.29, 0.717) is 5.56 Å². The molecule has 82 valence electrons. The molecule has 3 nitrogen and oxygen atoms in total. The molecule has 1 aromatic carbocycles. The van der Waals surface area contributed by atoms with Crippen LogP contribution in [0.3, 0.4) is 0 Å². The van der Waals surface area contributed by atoms with E-state index in [1.807, 2.05) is 0 Å². The summed E-state index contributed by atoms with van der Waals surface area (Å²) in [6.07, 6.45) is 0. The summed E-state index contributed by atoms with van der Waals surface area (Å²) >= 11 is 0. The number of rotatable bonds is 3. The molecule has 1 aromatic rings. The molecule has 0 saturated heterocycles. The molecule has 0 amide bonds. The third kappa shape index (κ3) is 1.99. The molecular formula is C11H14FNO2. The van der Waals surface area contributed by atoms with Crippen LogP contribution in [0, 0.1) is 5.82 Å². The molecule has 0 spiro atoms. The second-order valence-corrected chi connectivity index (χ2v) is 3.78. The minimum absolute atomic E-state index is 0.429. The molecule has 15 heavy (non-hydrogen) atoms. The monoisotopic (exact) mass is 211 g/mol. The maximum Gasteiger partial charge on any atom is 0.328 e. The number of hydrogen-bond donors (Lipinski definition) is 1. The third-order valence-corrected chi connectivity index (χ3v) is 2.70. The van der Waals surface area contributed by atoms with E-state index >= 15 is 0 Å². The Bertz CT molecular complexity index is 379. The number of benzene rings is 1. The van der Waals surface area contributed by atoms with Crippen LogP contribution in [0.25, 0.3) is 0 Å². The number of nitrogens with zero attached hydrogens (tertiary/aromatic N) is 1. The molecule has 0 heterocycles. The standard InChI is InChI=1S/C11H14FNO2/c1-11(10(14)15,13(2)3)8-5-4-6-9(12)7-8/h4-7H,1-3H3,(H,14,15)/t11-/m1/s1.